The summed E-state index contributed by atoms with van der Waals surface area (Å²) in [6.07, 6.45) is 0. The Bertz CT molecular complexity index is 806. The standard InChI is InChI=1S/C18H12F4NP/c1-11-5-2-10-16(23-11)24(17-12(19)6-3-7-13(17)20)18-14(21)8-4-9-15(18)22/h2-10H,1H3. The molecule has 0 N–H and O–H groups in total. The summed E-state index contributed by atoms with van der Waals surface area (Å²) in [6.45, 7) is 1.70. The highest BCUT2D eigenvalue weighted by Gasteiger charge is 2.29. The Morgan fingerprint density at radius 1 is 0.667 bits per heavy atom. The van der Waals surface area contributed by atoms with Gasteiger partial charge in [0.05, 0.1) is 16.0 Å². The molecule has 0 saturated carbocycles. The van der Waals surface area contributed by atoms with Crippen LogP contribution in [0.5, 0.6) is 0 Å². The first-order chi connectivity index (χ1) is 11.5. The lowest BCUT2D eigenvalue weighted by molar-refractivity contribution is 0.595. The third-order valence-electron chi connectivity index (χ3n) is 3.43. The lowest BCUT2D eigenvalue weighted by Gasteiger charge is -2.20. The second-order valence-electron chi connectivity index (χ2n) is 5.11. The van der Waals surface area contributed by atoms with Crippen LogP contribution in [0.4, 0.5) is 17.6 Å². The van der Waals surface area contributed by atoms with Gasteiger partial charge in [-0.05, 0) is 43.3 Å². The zero-order valence-electron chi connectivity index (χ0n) is 12.6. The maximum absolute atomic E-state index is 14.3. The molecule has 2 aromatic carbocycles. The van der Waals surface area contributed by atoms with E-state index in [2.05, 4.69) is 4.98 Å². The monoisotopic (exact) mass is 349 g/mol. The molecule has 0 aliphatic carbocycles. The highest BCUT2D eigenvalue weighted by Crippen LogP contribution is 2.36. The van der Waals surface area contributed by atoms with Crippen molar-refractivity contribution in [3.05, 3.63) is 83.6 Å². The van der Waals surface area contributed by atoms with E-state index < -0.39 is 31.2 Å². The number of aryl methyl sites for hydroxylation is 1. The van der Waals surface area contributed by atoms with E-state index in [0.717, 1.165) is 24.3 Å². The molecule has 0 spiro atoms. The van der Waals surface area contributed by atoms with Crippen molar-refractivity contribution in [1.29, 1.82) is 0 Å². The third kappa shape index (κ3) is 3.04. The van der Waals surface area contributed by atoms with Gasteiger partial charge in [-0.3, -0.25) is 4.98 Å². The van der Waals surface area contributed by atoms with Gasteiger partial charge >= 0.3 is 0 Å². The van der Waals surface area contributed by atoms with Crippen LogP contribution in [0.2, 0.25) is 0 Å². The Morgan fingerprint density at radius 3 is 1.50 bits per heavy atom. The topological polar surface area (TPSA) is 12.9 Å². The third-order valence-corrected chi connectivity index (χ3v) is 5.88. The van der Waals surface area contributed by atoms with Crippen molar-refractivity contribution in [1.82, 2.24) is 4.98 Å². The van der Waals surface area contributed by atoms with Gasteiger partial charge in [0.1, 0.15) is 23.3 Å². The predicted molar refractivity (Wildman–Crippen MR) is 87.5 cm³/mol. The van der Waals surface area contributed by atoms with E-state index in [1.165, 1.54) is 18.2 Å². The molecule has 0 amide bonds. The normalized spacial score (nSPS) is 11.1. The van der Waals surface area contributed by atoms with Gasteiger partial charge in [-0.15, -0.1) is 0 Å². The second-order valence-corrected chi connectivity index (χ2v) is 7.14. The molecule has 3 aromatic rings. The minimum absolute atomic E-state index is 0.234. The summed E-state index contributed by atoms with van der Waals surface area (Å²) in [5.74, 6) is -3.42. The number of pyridine rings is 1. The van der Waals surface area contributed by atoms with Crippen LogP contribution in [0.3, 0.4) is 0 Å². The first kappa shape index (κ1) is 16.6. The molecule has 0 aliphatic rings. The molecule has 0 atom stereocenters. The molecule has 0 fully saturated rings. The second kappa shape index (κ2) is 6.70. The fourth-order valence-corrected chi connectivity index (χ4v) is 4.73. The molecule has 1 nitrogen and oxygen atoms in total. The van der Waals surface area contributed by atoms with Crippen LogP contribution in [-0.2, 0) is 0 Å². The Balaban J connectivity index is 2.34. The first-order valence-electron chi connectivity index (χ1n) is 7.11. The predicted octanol–water partition coefficient (Wildman–Crippen LogP) is 3.70. The molecule has 0 saturated heterocycles. The van der Waals surface area contributed by atoms with Crippen LogP contribution < -0.4 is 16.0 Å². The molecule has 3 rings (SSSR count). The molecule has 122 valence electrons. The molecular weight excluding hydrogens is 337 g/mol. The Kier molecular flexibility index (Phi) is 4.63. The maximum Gasteiger partial charge on any atom is 0.134 e. The van der Waals surface area contributed by atoms with Gasteiger partial charge in [-0.2, -0.15) is 0 Å². The summed E-state index contributed by atoms with van der Waals surface area (Å²) in [7, 11) is -2.16. The number of rotatable bonds is 3. The number of benzene rings is 2. The zero-order chi connectivity index (χ0) is 17.3. The Morgan fingerprint density at radius 2 is 1.08 bits per heavy atom. The van der Waals surface area contributed by atoms with Gasteiger partial charge in [0.2, 0.25) is 0 Å². The van der Waals surface area contributed by atoms with Crippen LogP contribution >= 0.6 is 7.92 Å². The highest BCUT2D eigenvalue weighted by molar-refractivity contribution is 7.79. The molecule has 24 heavy (non-hydrogen) atoms. The van der Waals surface area contributed by atoms with Crippen molar-refractivity contribution in [2.75, 3.05) is 0 Å². The quantitative estimate of drug-likeness (QED) is 0.519. The fraction of sp³-hybridized carbons (Fsp3) is 0.0556. The van der Waals surface area contributed by atoms with E-state index in [-0.39, 0.29) is 16.0 Å². The summed E-state index contributed by atoms with van der Waals surface area (Å²) in [5.41, 5.74) is 0.825. The van der Waals surface area contributed by atoms with Crippen molar-refractivity contribution < 1.29 is 17.6 Å². The van der Waals surface area contributed by atoms with Crippen molar-refractivity contribution in [2.24, 2.45) is 0 Å². The van der Waals surface area contributed by atoms with Gasteiger partial charge in [-0.1, -0.05) is 18.2 Å². The SMILES string of the molecule is Cc1cccc(P(c2c(F)cccc2F)c2c(F)cccc2F)n1. The van der Waals surface area contributed by atoms with Crippen LogP contribution in [0.15, 0.2) is 54.6 Å². The average molecular weight is 349 g/mol. The molecule has 0 aliphatic heterocycles. The van der Waals surface area contributed by atoms with E-state index in [4.69, 9.17) is 0 Å². The summed E-state index contributed by atoms with van der Waals surface area (Å²) in [4.78, 5) is 4.25. The molecule has 0 radical (unpaired) electrons. The van der Waals surface area contributed by atoms with E-state index >= 15 is 0 Å². The van der Waals surface area contributed by atoms with E-state index in [1.807, 2.05) is 0 Å². The molecule has 0 unspecified atom stereocenters. The zero-order valence-corrected chi connectivity index (χ0v) is 13.5. The van der Waals surface area contributed by atoms with Gasteiger partial charge in [0, 0.05) is 13.6 Å². The van der Waals surface area contributed by atoms with Crippen molar-refractivity contribution in [2.45, 2.75) is 6.92 Å². The van der Waals surface area contributed by atoms with Crippen LogP contribution in [0, 0.1) is 30.2 Å². The van der Waals surface area contributed by atoms with Gasteiger partial charge in [0.25, 0.3) is 0 Å². The largest absolute Gasteiger partial charge is 0.253 e. The highest BCUT2D eigenvalue weighted by atomic mass is 31.1. The van der Waals surface area contributed by atoms with Crippen LogP contribution in [-0.4, -0.2) is 4.98 Å². The lowest BCUT2D eigenvalue weighted by Crippen LogP contribution is -2.30. The first-order valence-corrected chi connectivity index (χ1v) is 8.45. The number of halogens is 4. The van der Waals surface area contributed by atoms with Gasteiger partial charge in [0.15, 0.2) is 0 Å². The molecule has 0 bridgehead atoms. The summed E-state index contributed by atoms with van der Waals surface area (Å²) in [5, 5.41) is -0.732. The van der Waals surface area contributed by atoms with Gasteiger partial charge < -0.3 is 0 Å². The summed E-state index contributed by atoms with van der Waals surface area (Å²) >= 11 is 0. The average Bonchev–Trinajstić information content (AvgIpc) is 2.53. The van der Waals surface area contributed by atoms with E-state index in [1.54, 1.807) is 19.1 Å². The molecular formula is C18H12F4NP. The number of nitrogens with zero attached hydrogens (tertiary/aromatic N) is 1. The van der Waals surface area contributed by atoms with Crippen LogP contribution in [0.25, 0.3) is 0 Å². The van der Waals surface area contributed by atoms with Gasteiger partial charge in [-0.25, -0.2) is 17.6 Å². The van der Waals surface area contributed by atoms with Crippen molar-refractivity contribution >= 4 is 24.0 Å². The summed E-state index contributed by atoms with van der Waals surface area (Å²) in [6, 6.07) is 11.6. The van der Waals surface area contributed by atoms with E-state index in [0.29, 0.717) is 5.69 Å². The Hall–Kier alpha value is -2.26. The number of aromatic nitrogens is 1. The number of hydrogen-bond acceptors (Lipinski definition) is 1. The fourth-order valence-electron chi connectivity index (χ4n) is 2.40. The Labute approximate surface area is 137 Å². The number of hydrogen-bond donors (Lipinski definition) is 0. The lowest BCUT2D eigenvalue weighted by atomic mass is 10.3. The van der Waals surface area contributed by atoms with Crippen molar-refractivity contribution in [3.8, 4) is 0 Å². The summed E-state index contributed by atoms with van der Waals surface area (Å²) < 4.78 is 57.4. The smallest absolute Gasteiger partial charge is 0.134 e. The minimum Gasteiger partial charge on any atom is -0.253 e. The molecule has 1 aromatic heterocycles. The van der Waals surface area contributed by atoms with E-state index in [9.17, 15) is 17.6 Å². The molecule has 6 heteroatoms. The van der Waals surface area contributed by atoms with Crippen molar-refractivity contribution in [3.63, 3.8) is 0 Å². The van der Waals surface area contributed by atoms with Crippen LogP contribution in [0.1, 0.15) is 5.69 Å². The maximum atomic E-state index is 14.3. The molecule has 1 heterocycles. The minimum atomic E-state index is -2.16.